The fraction of sp³-hybridized carbons (Fsp3) is 0.333. The van der Waals surface area contributed by atoms with E-state index in [0.29, 0.717) is 6.04 Å². The predicted molar refractivity (Wildman–Crippen MR) is 87.0 cm³/mol. The lowest BCUT2D eigenvalue weighted by atomic mass is 10.1. The second-order valence-electron chi connectivity index (χ2n) is 4.50. The average Bonchev–Trinajstić information content (AvgIpc) is 2.46. The number of halogens is 1. The standard InChI is InChI=1S/C15H18BrN3S/c1-3-6-18-11(2)13-5-4-12(16)9-14(13)20-15-10-17-7-8-19-15/h4-5,7-11,18H,3,6H2,1-2H3. The Bertz CT molecular complexity index is 548. The van der Waals surface area contributed by atoms with Crippen molar-refractivity contribution in [2.45, 2.75) is 36.2 Å². The molecule has 3 nitrogen and oxygen atoms in total. The van der Waals surface area contributed by atoms with Gasteiger partial charge in [0.05, 0.1) is 6.20 Å². The molecule has 2 aromatic rings. The van der Waals surface area contributed by atoms with Crippen LogP contribution in [0.2, 0.25) is 0 Å². The highest BCUT2D eigenvalue weighted by molar-refractivity contribution is 9.10. The molecule has 0 amide bonds. The molecule has 1 N–H and O–H groups in total. The van der Waals surface area contributed by atoms with Crippen molar-refractivity contribution < 1.29 is 0 Å². The third-order valence-corrected chi connectivity index (χ3v) is 4.38. The third kappa shape index (κ3) is 4.30. The first-order valence-electron chi connectivity index (χ1n) is 6.67. The predicted octanol–water partition coefficient (Wildman–Crippen LogP) is 4.45. The van der Waals surface area contributed by atoms with Crippen LogP contribution in [0.5, 0.6) is 0 Å². The van der Waals surface area contributed by atoms with Crippen LogP contribution in [0.3, 0.4) is 0 Å². The number of nitrogens with one attached hydrogen (secondary N) is 1. The summed E-state index contributed by atoms with van der Waals surface area (Å²) in [4.78, 5) is 9.65. The molecule has 0 saturated carbocycles. The van der Waals surface area contributed by atoms with Crippen LogP contribution in [0.25, 0.3) is 0 Å². The molecule has 0 spiro atoms. The van der Waals surface area contributed by atoms with Crippen LogP contribution in [-0.4, -0.2) is 16.5 Å². The maximum atomic E-state index is 4.33. The number of aromatic nitrogens is 2. The van der Waals surface area contributed by atoms with Gasteiger partial charge in [-0.1, -0.05) is 40.7 Å². The van der Waals surface area contributed by atoms with Gasteiger partial charge in [-0.15, -0.1) is 0 Å². The molecule has 0 aliphatic heterocycles. The molecule has 5 heteroatoms. The summed E-state index contributed by atoms with van der Waals surface area (Å²) in [6, 6.07) is 6.71. The van der Waals surface area contributed by atoms with E-state index in [1.165, 1.54) is 10.5 Å². The lowest BCUT2D eigenvalue weighted by Gasteiger charge is -2.17. The molecule has 106 valence electrons. The average molecular weight is 352 g/mol. The lowest BCUT2D eigenvalue weighted by Crippen LogP contribution is -2.19. The van der Waals surface area contributed by atoms with E-state index in [2.05, 4.69) is 63.3 Å². The summed E-state index contributed by atoms with van der Waals surface area (Å²) in [6.45, 7) is 5.39. The van der Waals surface area contributed by atoms with E-state index in [-0.39, 0.29) is 0 Å². The van der Waals surface area contributed by atoms with E-state index < -0.39 is 0 Å². The Morgan fingerprint density at radius 3 is 2.90 bits per heavy atom. The van der Waals surface area contributed by atoms with E-state index in [4.69, 9.17) is 0 Å². The summed E-state index contributed by atoms with van der Waals surface area (Å²) in [7, 11) is 0. The van der Waals surface area contributed by atoms with Crippen LogP contribution < -0.4 is 5.32 Å². The Hall–Kier alpha value is -0.910. The Kier molecular flexibility index (Phi) is 6.01. The SMILES string of the molecule is CCCNC(C)c1ccc(Br)cc1Sc1cnccn1. The number of rotatable bonds is 6. The van der Waals surface area contributed by atoms with Gasteiger partial charge in [-0.05, 0) is 37.6 Å². The first-order valence-corrected chi connectivity index (χ1v) is 8.28. The van der Waals surface area contributed by atoms with Gasteiger partial charge in [-0.3, -0.25) is 4.98 Å². The largest absolute Gasteiger partial charge is 0.310 e. The summed E-state index contributed by atoms with van der Waals surface area (Å²) in [5.74, 6) is 0. The molecule has 2 rings (SSSR count). The molecule has 1 heterocycles. The van der Waals surface area contributed by atoms with Crippen LogP contribution in [0.1, 0.15) is 31.9 Å². The van der Waals surface area contributed by atoms with E-state index in [9.17, 15) is 0 Å². The first kappa shape index (κ1) is 15.5. The van der Waals surface area contributed by atoms with Gasteiger partial charge in [0, 0.05) is 27.8 Å². The molecule has 1 aromatic heterocycles. The summed E-state index contributed by atoms with van der Waals surface area (Å²) in [5, 5.41) is 4.44. The molecule has 0 aliphatic rings. The van der Waals surface area contributed by atoms with Gasteiger partial charge >= 0.3 is 0 Å². The number of nitrogens with zero attached hydrogens (tertiary/aromatic N) is 2. The minimum atomic E-state index is 0.322. The van der Waals surface area contributed by atoms with Crippen molar-refractivity contribution in [2.24, 2.45) is 0 Å². The zero-order valence-corrected chi connectivity index (χ0v) is 14.0. The van der Waals surface area contributed by atoms with E-state index in [1.54, 1.807) is 30.4 Å². The van der Waals surface area contributed by atoms with Gasteiger partial charge in [0.2, 0.25) is 0 Å². The minimum absolute atomic E-state index is 0.322. The fourth-order valence-electron chi connectivity index (χ4n) is 1.88. The zero-order valence-electron chi connectivity index (χ0n) is 11.6. The molecule has 0 radical (unpaired) electrons. The minimum Gasteiger partial charge on any atom is -0.310 e. The van der Waals surface area contributed by atoms with Crippen molar-refractivity contribution in [3.63, 3.8) is 0 Å². The Morgan fingerprint density at radius 2 is 2.20 bits per heavy atom. The van der Waals surface area contributed by atoms with E-state index >= 15 is 0 Å². The maximum Gasteiger partial charge on any atom is 0.119 e. The quantitative estimate of drug-likeness (QED) is 0.834. The second-order valence-corrected chi connectivity index (χ2v) is 6.48. The molecule has 1 atom stereocenters. The van der Waals surface area contributed by atoms with Crippen molar-refractivity contribution in [3.05, 3.63) is 46.8 Å². The van der Waals surface area contributed by atoms with Crippen molar-refractivity contribution in [1.29, 1.82) is 0 Å². The summed E-state index contributed by atoms with van der Waals surface area (Å²) in [6.07, 6.45) is 6.34. The van der Waals surface area contributed by atoms with Crippen molar-refractivity contribution in [1.82, 2.24) is 15.3 Å². The van der Waals surface area contributed by atoms with Crippen LogP contribution in [0.4, 0.5) is 0 Å². The third-order valence-electron chi connectivity index (χ3n) is 2.90. The second kappa shape index (κ2) is 7.76. The van der Waals surface area contributed by atoms with Crippen LogP contribution in [0.15, 0.2) is 51.2 Å². The Labute approximate surface area is 132 Å². The Balaban J connectivity index is 2.24. The van der Waals surface area contributed by atoms with Gasteiger partial charge in [0.25, 0.3) is 0 Å². The maximum absolute atomic E-state index is 4.33. The zero-order chi connectivity index (χ0) is 14.4. The highest BCUT2D eigenvalue weighted by Crippen LogP contribution is 2.34. The lowest BCUT2D eigenvalue weighted by molar-refractivity contribution is 0.563. The molecule has 0 bridgehead atoms. The normalized spacial score (nSPS) is 12.3. The molecule has 20 heavy (non-hydrogen) atoms. The molecule has 1 unspecified atom stereocenters. The molecule has 0 aliphatic carbocycles. The molecule has 0 saturated heterocycles. The van der Waals surface area contributed by atoms with Gasteiger partial charge in [-0.25, -0.2) is 4.98 Å². The summed E-state index contributed by atoms with van der Waals surface area (Å²) >= 11 is 5.19. The van der Waals surface area contributed by atoms with E-state index in [1.807, 2.05) is 0 Å². The van der Waals surface area contributed by atoms with Crippen LogP contribution in [-0.2, 0) is 0 Å². The number of benzene rings is 1. The summed E-state index contributed by atoms with van der Waals surface area (Å²) < 4.78 is 1.08. The smallest absolute Gasteiger partial charge is 0.119 e. The van der Waals surface area contributed by atoms with Crippen molar-refractivity contribution in [2.75, 3.05) is 6.54 Å². The summed E-state index contributed by atoms with van der Waals surface area (Å²) in [5.41, 5.74) is 1.29. The topological polar surface area (TPSA) is 37.8 Å². The van der Waals surface area contributed by atoms with Crippen molar-refractivity contribution >= 4 is 27.7 Å². The molecular weight excluding hydrogens is 334 g/mol. The molecular formula is C15H18BrN3S. The highest BCUT2D eigenvalue weighted by atomic mass is 79.9. The Morgan fingerprint density at radius 1 is 1.35 bits per heavy atom. The molecule has 1 aromatic carbocycles. The monoisotopic (exact) mass is 351 g/mol. The van der Waals surface area contributed by atoms with Crippen LogP contribution >= 0.6 is 27.7 Å². The van der Waals surface area contributed by atoms with E-state index in [0.717, 1.165) is 22.5 Å². The van der Waals surface area contributed by atoms with Gasteiger partial charge in [0.15, 0.2) is 0 Å². The number of hydrogen-bond acceptors (Lipinski definition) is 4. The highest BCUT2D eigenvalue weighted by Gasteiger charge is 2.12. The van der Waals surface area contributed by atoms with Crippen molar-refractivity contribution in [3.8, 4) is 0 Å². The fourth-order valence-corrected chi connectivity index (χ4v) is 3.39. The van der Waals surface area contributed by atoms with Crippen LogP contribution in [0, 0.1) is 0 Å². The molecule has 0 fully saturated rings. The van der Waals surface area contributed by atoms with Gasteiger partial charge in [0.1, 0.15) is 5.03 Å². The van der Waals surface area contributed by atoms with Gasteiger partial charge in [-0.2, -0.15) is 0 Å². The van der Waals surface area contributed by atoms with Gasteiger partial charge < -0.3 is 5.32 Å². The number of hydrogen-bond donors (Lipinski definition) is 1. The first-order chi connectivity index (χ1) is 9.70.